The van der Waals surface area contributed by atoms with E-state index in [2.05, 4.69) is 4.84 Å². The van der Waals surface area contributed by atoms with Crippen LogP contribution in [-0.2, 0) is 19.2 Å². The second-order valence-electron chi connectivity index (χ2n) is 4.65. The lowest BCUT2D eigenvalue weighted by atomic mass is 10.0. The zero-order chi connectivity index (χ0) is 13.7. The Balaban J connectivity index is 1.84. The summed E-state index contributed by atoms with van der Waals surface area (Å²) >= 11 is 0. The predicted octanol–water partition coefficient (Wildman–Crippen LogP) is 2.09. The molecule has 0 N–H and O–H groups in total. The standard InChI is InChI=1S/C13H17NO5/c15-11-8-9-12(16)14(11)19-13(17)18-10-6-4-2-1-3-5-7-10/h4,6,10H,1-3,5,7-9H2/t10-/m0/s1. The molecule has 0 bridgehead atoms. The Morgan fingerprint density at radius 1 is 1.16 bits per heavy atom. The number of imide groups is 1. The minimum Gasteiger partial charge on any atom is -0.425 e. The molecule has 0 saturated carbocycles. The lowest BCUT2D eigenvalue weighted by Gasteiger charge is -2.17. The summed E-state index contributed by atoms with van der Waals surface area (Å²) in [5.74, 6) is -1.01. The van der Waals surface area contributed by atoms with Crippen LogP contribution in [0, 0.1) is 0 Å². The lowest BCUT2D eigenvalue weighted by Crippen LogP contribution is -2.33. The molecule has 1 fully saturated rings. The van der Waals surface area contributed by atoms with E-state index in [4.69, 9.17) is 4.74 Å². The first kappa shape index (κ1) is 13.6. The van der Waals surface area contributed by atoms with Crippen LogP contribution in [0.1, 0.15) is 44.9 Å². The highest BCUT2D eigenvalue weighted by Gasteiger charge is 2.33. The topological polar surface area (TPSA) is 72.9 Å². The molecule has 6 nitrogen and oxygen atoms in total. The molecule has 2 amide bonds. The number of carbonyl (C=O) groups is 3. The third-order valence-corrected chi connectivity index (χ3v) is 3.13. The molecule has 104 valence electrons. The van der Waals surface area contributed by atoms with Crippen molar-refractivity contribution in [3.8, 4) is 0 Å². The molecule has 1 atom stereocenters. The third-order valence-electron chi connectivity index (χ3n) is 3.13. The molecule has 1 aliphatic carbocycles. The number of hydroxylamine groups is 2. The van der Waals surface area contributed by atoms with Gasteiger partial charge in [-0.15, -0.1) is 0 Å². The van der Waals surface area contributed by atoms with Crippen LogP contribution in [0.4, 0.5) is 4.79 Å². The first-order chi connectivity index (χ1) is 9.16. The molecular formula is C13H17NO5. The molecule has 19 heavy (non-hydrogen) atoms. The number of hydrogen-bond donors (Lipinski definition) is 0. The Labute approximate surface area is 111 Å². The highest BCUT2D eigenvalue weighted by atomic mass is 16.8. The summed E-state index contributed by atoms with van der Waals surface area (Å²) in [4.78, 5) is 38.7. The number of allylic oxidation sites excluding steroid dienone is 1. The summed E-state index contributed by atoms with van der Waals surface area (Å²) in [6.45, 7) is 0. The largest absolute Gasteiger partial charge is 0.534 e. The van der Waals surface area contributed by atoms with Crippen LogP contribution in [0.3, 0.4) is 0 Å². The van der Waals surface area contributed by atoms with E-state index in [1.807, 2.05) is 12.2 Å². The van der Waals surface area contributed by atoms with Crippen molar-refractivity contribution in [1.82, 2.24) is 5.06 Å². The SMILES string of the molecule is O=C(O[C@H]1C=CCCCCC1)ON1C(=O)CCC1=O. The molecule has 2 rings (SSSR count). The van der Waals surface area contributed by atoms with Crippen LogP contribution in [0.25, 0.3) is 0 Å². The van der Waals surface area contributed by atoms with Gasteiger partial charge in [-0.25, -0.2) is 4.79 Å². The molecule has 0 aromatic rings. The highest BCUT2D eigenvalue weighted by Crippen LogP contribution is 2.16. The van der Waals surface area contributed by atoms with Crippen LogP contribution < -0.4 is 0 Å². The molecule has 1 aliphatic heterocycles. The zero-order valence-electron chi connectivity index (χ0n) is 10.7. The van der Waals surface area contributed by atoms with Crippen molar-refractivity contribution in [2.45, 2.75) is 51.0 Å². The van der Waals surface area contributed by atoms with E-state index < -0.39 is 18.0 Å². The molecule has 0 spiro atoms. The van der Waals surface area contributed by atoms with Gasteiger partial charge in [-0.3, -0.25) is 14.4 Å². The van der Waals surface area contributed by atoms with Gasteiger partial charge < -0.3 is 4.74 Å². The number of ether oxygens (including phenoxy) is 1. The van der Waals surface area contributed by atoms with Gasteiger partial charge in [0.1, 0.15) is 6.10 Å². The quantitative estimate of drug-likeness (QED) is 0.435. The van der Waals surface area contributed by atoms with Gasteiger partial charge >= 0.3 is 6.16 Å². The Kier molecular flexibility index (Phi) is 4.54. The minimum absolute atomic E-state index is 0.0788. The van der Waals surface area contributed by atoms with Crippen molar-refractivity contribution >= 4 is 18.0 Å². The Morgan fingerprint density at radius 2 is 1.89 bits per heavy atom. The van der Waals surface area contributed by atoms with Crippen LogP contribution in [0.2, 0.25) is 0 Å². The highest BCUT2D eigenvalue weighted by molar-refractivity contribution is 6.01. The molecule has 0 aromatic carbocycles. The van der Waals surface area contributed by atoms with E-state index in [0.29, 0.717) is 5.06 Å². The molecule has 1 saturated heterocycles. The van der Waals surface area contributed by atoms with Crippen LogP contribution >= 0.6 is 0 Å². The summed E-state index contributed by atoms with van der Waals surface area (Å²) in [7, 11) is 0. The normalized spacial score (nSPS) is 24.0. The van der Waals surface area contributed by atoms with Gasteiger partial charge in [-0.2, -0.15) is 0 Å². The Morgan fingerprint density at radius 3 is 2.63 bits per heavy atom. The van der Waals surface area contributed by atoms with Gasteiger partial charge in [0.2, 0.25) is 0 Å². The smallest absolute Gasteiger partial charge is 0.425 e. The second kappa shape index (κ2) is 6.36. The van der Waals surface area contributed by atoms with E-state index in [1.54, 1.807) is 0 Å². The first-order valence-electron chi connectivity index (χ1n) is 6.58. The van der Waals surface area contributed by atoms with Crippen molar-refractivity contribution in [2.75, 3.05) is 0 Å². The van der Waals surface area contributed by atoms with E-state index >= 15 is 0 Å². The molecular weight excluding hydrogens is 250 g/mol. The fourth-order valence-electron chi connectivity index (χ4n) is 2.10. The summed E-state index contributed by atoms with van der Waals surface area (Å²) in [5, 5.41) is 0.495. The van der Waals surface area contributed by atoms with Crippen molar-refractivity contribution in [3.63, 3.8) is 0 Å². The number of rotatable bonds is 2. The van der Waals surface area contributed by atoms with Crippen LogP contribution in [0.15, 0.2) is 12.2 Å². The van der Waals surface area contributed by atoms with Crippen LogP contribution in [-0.4, -0.2) is 29.1 Å². The monoisotopic (exact) mass is 267 g/mol. The van der Waals surface area contributed by atoms with Gasteiger partial charge in [-0.1, -0.05) is 17.6 Å². The zero-order valence-corrected chi connectivity index (χ0v) is 10.7. The van der Waals surface area contributed by atoms with Gasteiger partial charge in [0.25, 0.3) is 11.8 Å². The summed E-state index contributed by atoms with van der Waals surface area (Å²) in [6, 6.07) is 0. The first-order valence-corrected chi connectivity index (χ1v) is 6.58. The third kappa shape index (κ3) is 3.81. The second-order valence-corrected chi connectivity index (χ2v) is 4.65. The van der Waals surface area contributed by atoms with E-state index in [0.717, 1.165) is 32.1 Å². The van der Waals surface area contributed by atoms with Gasteiger partial charge in [0.15, 0.2) is 0 Å². The van der Waals surface area contributed by atoms with Crippen molar-refractivity contribution < 1.29 is 24.0 Å². The molecule has 1 heterocycles. The van der Waals surface area contributed by atoms with Crippen LogP contribution in [0.5, 0.6) is 0 Å². The summed E-state index contributed by atoms with van der Waals surface area (Å²) in [5.41, 5.74) is 0. The predicted molar refractivity (Wildman–Crippen MR) is 64.7 cm³/mol. The van der Waals surface area contributed by atoms with Gasteiger partial charge in [-0.05, 0) is 31.8 Å². The fraction of sp³-hybridized carbons (Fsp3) is 0.615. The molecule has 2 aliphatic rings. The summed E-state index contributed by atoms with van der Waals surface area (Å²) < 4.78 is 5.09. The fourth-order valence-corrected chi connectivity index (χ4v) is 2.10. The molecule has 0 radical (unpaired) electrons. The van der Waals surface area contributed by atoms with Gasteiger partial charge in [0.05, 0.1) is 0 Å². The number of nitrogens with zero attached hydrogens (tertiary/aromatic N) is 1. The maximum Gasteiger partial charge on any atom is 0.534 e. The maximum atomic E-state index is 11.5. The van der Waals surface area contributed by atoms with E-state index in [1.165, 1.54) is 0 Å². The van der Waals surface area contributed by atoms with Crippen molar-refractivity contribution in [2.24, 2.45) is 0 Å². The summed E-state index contributed by atoms with van der Waals surface area (Å²) in [6.07, 6.45) is 7.53. The van der Waals surface area contributed by atoms with Crippen molar-refractivity contribution in [1.29, 1.82) is 0 Å². The van der Waals surface area contributed by atoms with E-state index in [-0.39, 0.29) is 18.9 Å². The van der Waals surface area contributed by atoms with E-state index in [9.17, 15) is 14.4 Å². The molecule has 0 unspecified atom stereocenters. The van der Waals surface area contributed by atoms with Crippen molar-refractivity contribution in [3.05, 3.63) is 12.2 Å². The average Bonchev–Trinajstić information content (AvgIpc) is 2.64. The Bertz CT molecular complexity index is 388. The maximum absolute atomic E-state index is 11.5. The van der Waals surface area contributed by atoms with Gasteiger partial charge in [0, 0.05) is 12.8 Å². The molecule has 6 heteroatoms. The molecule has 0 aromatic heterocycles. The average molecular weight is 267 g/mol. The minimum atomic E-state index is -1.00. The number of amides is 2. The Hall–Kier alpha value is -1.85. The number of carbonyl (C=O) groups excluding carboxylic acids is 3. The number of hydrogen-bond acceptors (Lipinski definition) is 5. The lowest BCUT2D eigenvalue weighted by molar-refractivity contribution is -0.178.